The number of benzene rings is 8. The highest BCUT2D eigenvalue weighted by molar-refractivity contribution is 6.95. The smallest absolute Gasteiger partial charge is 0.247 e. The highest BCUT2D eigenvalue weighted by Gasteiger charge is 2.54. The van der Waals surface area contributed by atoms with Gasteiger partial charge in [-0.05, 0) is 194 Å². The molecule has 0 saturated carbocycles. The Kier molecular flexibility index (Phi) is 14.0. The molecule has 528 valence electrons. The van der Waals surface area contributed by atoms with E-state index in [4.69, 9.17) is 0 Å². The third-order valence-electron chi connectivity index (χ3n) is 25.8. The fraction of sp³-hybridized carbons (Fsp3) is 0.394. The fourth-order valence-corrected chi connectivity index (χ4v) is 19.8. The van der Waals surface area contributed by atoms with E-state index in [1.54, 1.807) is 0 Å². The topological polar surface area (TPSA) is 18.0 Å². The summed E-state index contributed by atoms with van der Waals surface area (Å²) < 4.78 is 8.54. The first-order valence-corrected chi connectivity index (χ1v) is 39.3. The van der Waals surface area contributed by atoms with Crippen LogP contribution in [0.4, 0.5) is 11.4 Å². The molecule has 104 heavy (non-hydrogen) atoms. The molecule has 3 atom stereocenters. The monoisotopic (exact) mass is 1360 g/mol. The molecule has 7 aliphatic rings. The van der Waals surface area contributed by atoms with Crippen molar-refractivity contribution >= 4 is 84.8 Å². The van der Waals surface area contributed by atoms with Crippen molar-refractivity contribution in [2.45, 2.75) is 242 Å². The first-order chi connectivity index (χ1) is 48.6. The van der Waals surface area contributed by atoms with Crippen molar-refractivity contribution in [2.75, 3.05) is 4.90 Å². The van der Waals surface area contributed by atoms with E-state index in [0.29, 0.717) is 0 Å². The molecule has 0 fully saturated rings. The van der Waals surface area contributed by atoms with Crippen molar-refractivity contribution in [3.63, 3.8) is 0 Å². The van der Waals surface area contributed by atoms with E-state index in [-0.39, 0.29) is 74.0 Å². The maximum Gasteiger partial charge on any atom is 0.247 e. The van der Waals surface area contributed by atoms with Gasteiger partial charge in [0.05, 0.1) is 34.5 Å². The van der Waals surface area contributed by atoms with Crippen molar-refractivity contribution in [3.05, 3.63) is 246 Å². The van der Waals surface area contributed by atoms with Crippen LogP contribution in [0.3, 0.4) is 0 Å². The Labute approximate surface area is 621 Å². The molecule has 0 bridgehead atoms. The van der Waals surface area contributed by atoms with Crippen molar-refractivity contribution in [1.82, 2.24) is 13.7 Å². The molecule has 0 radical (unpaired) electrons. The standard InChI is InChI=1S/C99H109BN4/c1-92(2,3)55-31-37-64-69(43-55)70-44-56(93(4,5)6)32-38-65(70)86(64)68-29-25-27-66-67-28-26-30-83(102-79-39-33-57(94(7,8)9)45-71(79)72-46-58(95(10,11)12)34-40-80(72)102)91(67)101(88(66)68)63-53-84-87-85(54-63)104-82-42-36-60(97(16,17)18)48-74(82)76-50-62(99(22,23)24)52-78(90(76)104)100(87)77-51-61(98(19,20)21)49-75-73-47-59(96(13,14)15)35-41-81(73)103(84)89(75)77/h25-29,31-33,35-39,41-54,75,83,86,89H,30,34,40H2,1-24H3. The van der Waals surface area contributed by atoms with Crippen molar-refractivity contribution in [1.29, 1.82) is 0 Å². The van der Waals surface area contributed by atoms with Crippen LogP contribution in [0, 0.1) is 10.8 Å². The van der Waals surface area contributed by atoms with Gasteiger partial charge < -0.3 is 18.6 Å². The van der Waals surface area contributed by atoms with Crippen LogP contribution in [-0.2, 0) is 38.9 Å². The third kappa shape index (κ3) is 9.81. The van der Waals surface area contributed by atoms with E-state index < -0.39 is 0 Å². The van der Waals surface area contributed by atoms with Gasteiger partial charge in [0, 0.05) is 78.3 Å². The minimum absolute atomic E-state index is 0.00484. The number of hydrogen-bond acceptors (Lipinski definition) is 1. The van der Waals surface area contributed by atoms with Gasteiger partial charge in [-0.15, -0.1) is 0 Å². The maximum absolute atomic E-state index is 2.89. The highest BCUT2D eigenvalue weighted by atomic mass is 15.2. The van der Waals surface area contributed by atoms with Gasteiger partial charge in [-0.3, -0.25) is 0 Å². The Morgan fingerprint density at radius 1 is 0.413 bits per heavy atom. The second kappa shape index (κ2) is 21.6. The van der Waals surface area contributed by atoms with Crippen molar-refractivity contribution in [2.24, 2.45) is 10.8 Å². The molecule has 4 aliphatic carbocycles. The fourth-order valence-electron chi connectivity index (χ4n) is 19.8. The average molecular weight is 1370 g/mol. The summed E-state index contributed by atoms with van der Waals surface area (Å²) in [6.45, 7) is 57.6. The molecule has 6 heterocycles. The number of anilines is 2. The van der Waals surface area contributed by atoms with Gasteiger partial charge in [-0.2, -0.15) is 0 Å². The molecule has 5 heteroatoms. The Hall–Kier alpha value is -8.54. The zero-order valence-electron chi connectivity index (χ0n) is 66.9. The zero-order chi connectivity index (χ0) is 73.5. The molecule has 18 rings (SSSR count). The van der Waals surface area contributed by atoms with Gasteiger partial charge in [0.25, 0.3) is 0 Å². The lowest BCUT2D eigenvalue weighted by atomic mass is 9.31. The molecule has 0 spiro atoms. The predicted octanol–water partition coefficient (Wildman–Crippen LogP) is 25.0. The number of rotatable bonds is 3. The van der Waals surface area contributed by atoms with E-state index in [1.807, 2.05) is 0 Å². The summed E-state index contributed by atoms with van der Waals surface area (Å²) in [4.78, 5) is 2.88. The molecule has 3 aliphatic heterocycles. The summed E-state index contributed by atoms with van der Waals surface area (Å²) in [5, 5.41) is 5.39. The number of para-hydroxylation sites is 1. The van der Waals surface area contributed by atoms with Crippen LogP contribution in [0.15, 0.2) is 168 Å². The van der Waals surface area contributed by atoms with Gasteiger partial charge in [0.2, 0.25) is 6.71 Å². The highest BCUT2D eigenvalue weighted by Crippen LogP contribution is 2.59. The quantitative estimate of drug-likeness (QED) is 0.161. The van der Waals surface area contributed by atoms with E-state index >= 15 is 0 Å². The lowest BCUT2D eigenvalue weighted by Crippen LogP contribution is -2.60. The molecule has 0 amide bonds. The summed E-state index contributed by atoms with van der Waals surface area (Å²) >= 11 is 0. The van der Waals surface area contributed by atoms with Crippen molar-refractivity contribution < 1.29 is 0 Å². The largest absolute Gasteiger partial charge is 0.335 e. The minimum atomic E-state index is -0.104. The molecule has 8 aromatic carbocycles. The summed E-state index contributed by atoms with van der Waals surface area (Å²) in [5.74, 6) is 0.115. The second-order valence-corrected chi connectivity index (χ2v) is 40.9. The minimum Gasteiger partial charge on any atom is -0.335 e. The predicted molar refractivity (Wildman–Crippen MR) is 448 cm³/mol. The Bertz CT molecular complexity index is 5680. The lowest BCUT2D eigenvalue weighted by molar-refractivity contribution is 0.477. The van der Waals surface area contributed by atoms with Gasteiger partial charge in [-0.1, -0.05) is 293 Å². The normalized spacial score (nSPS) is 18.6. The average Bonchev–Trinajstić information content (AvgIpc) is 1.45. The van der Waals surface area contributed by atoms with Gasteiger partial charge in [0.1, 0.15) is 0 Å². The lowest BCUT2D eigenvalue weighted by Gasteiger charge is -2.46. The molecule has 0 saturated heterocycles. The second-order valence-electron chi connectivity index (χ2n) is 40.9. The van der Waals surface area contributed by atoms with E-state index in [9.17, 15) is 0 Å². The third-order valence-corrected chi connectivity index (χ3v) is 25.8. The SMILES string of the molecule is CC(C)(C)C1=CC2c3cc(C(C)(C)C)ccc3N3c4cc(-n5c6c(c7cccc(C8c9ccc(C(C)(C)C)cc9-c9cc(C(C)(C)C)ccc98)c75)C=CCC6n5c6c(c7cc(C(C)(C)C)ccc75)C=C(C(C)(C)C)CC6)cc5c4B(C(=C1)C23)c1cc(C(C)(C)C)cc2c3cc(C(C)(C)C)ccc3n-5c12. The molecular weight excluding hydrogens is 1260 g/mol. The van der Waals surface area contributed by atoms with Crippen LogP contribution in [0.5, 0.6) is 0 Å². The van der Waals surface area contributed by atoms with Gasteiger partial charge >= 0.3 is 0 Å². The number of allylic oxidation sites excluding steroid dienone is 4. The summed E-state index contributed by atoms with van der Waals surface area (Å²) in [5.41, 5.74) is 39.7. The maximum atomic E-state index is 2.89. The Morgan fingerprint density at radius 2 is 0.981 bits per heavy atom. The number of hydrogen-bond donors (Lipinski definition) is 0. The van der Waals surface area contributed by atoms with Crippen LogP contribution in [0.25, 0.3) is 78.3 Å². The van der Waals surface area contributed by atoms with E-state index in [1.165, 1.54) is 183 Å². The van der Waals surface area contributed by atoms with Gasteiger partial charge in [0.15, 0.2) is 0 Å². The molecular formula is C99H109BN4. The summed E-state index contributed by atoms with van der Waals surface area (Å²) in [7, 11) is 0. The first kappa shape index (κ1) is 67.4. The van der Waals surface area contributed by atoms with E-state index in [2.05, 4.69) is 349 Å². The van der Waals surface area contributed by atoms with Crippen LogP contribution >= 0.6 is 0 Å². The molecule has 3 aromatic heterocycles. The number of nitrogens with zero attached hydrogens (tertiary/aromatic N) is 4. The molecule has 11 aromatic rings. The van der Waals surface area contributed by atoms with Gasteiger partial charge in [-0.25, -0.2) is 0 Å². The van der Waals surface area contributed by atoms with E-state index in [0.717, 1.165) is 19.3 Å². The van der Waals surface area contributed by atoms with Crippen LogP contribution in [-0.4, -0.2) is 26.5 Å². The zero-order valence-corrected chi connectivity index (χ0v) is 66.9. The molecule has 0 N–H and O–H groups in total. The number of aromatic nitrogens is 3. The van der Waals surface area contributed by atoms with Crippen LogP contribution in [0.1, 0.15) is 275 Å². The number of fused-ring (bicyclic) bond motifs is 19. The Morgan fingerprint density at radius 3 is 1.60 bits per heavy atom. The van der Waals surface area contributed by atoms with Crippen LogP contribution < -0.4 is 15.8 Å². The summed E-state index contributed by atoms with van der Waals surface area (Å²) in [6, 6.07) is 55.9. The molecule has 4 nitrogen and oxygen atoms in total. The molecule has 3 unspecified atom stereocenters. The van der Waals surface area contributed by atoms with Crippen molar-refractivity contribution in [3.8, 4) is 22.5 Å². The van der Waals surface area contributed by atoms with Crippen LogP contribution in [0.2, 0.25) is 0 Å². The first-order valence-electron chi connectivity index (χ1n) is 39.3. The summed E-state index contributed by atoms with van der Waals surface area (Å²) in [6.07, 6.45) is 16.0. The Balaban J connectivity index is 1.02.